The molecule has 274 valence electrons. The lowest BCUT2D eigenvalue weighted by Crippen LogP contribution is -2.29. The Bertz CT molecular complexity index is 2820. The van der Waals surface area contributed by atoms with Gasteiger partial charge in [-0.3, -0.25) is 0 Å². The Hall–Kier alpha value is -6.96. The summed E-state index contributed by atoms with van der Waals surface area (Å²) in [6.45, 7) is 10.7. The number of aryl methyl sites for hydroxylation is 2. The van der Waals surface area contributed by atoms with Gasteiger partial charge in [-0.2, -0.15) is 0 Å². The van der Waals surface area contributed by atoms with Crippen LogP contribution in [0, 0.1) is 13.8 Å². The van der Waals surface area contributed by atoms with Gasteiger partial charge in [0.25, 0.3) is 0 Å². The molecule has 1 aliphatic carbocycles. The predicted octanol–water partition coefficient (Wildman–Crippen LogP) is 15.3. The molecule has 0 bridgehead atoms. The maximum absolute atomic E-state index is 4.17. The fourth-order valence-electron chi connectivity index (χ4n) is 9.13. The molecule has 0 aliphatic heterocycles. The van der Waals surface area contributed by atoms with Crippen molar-refractivity contribution in [1.82, 2.24) is 0 Å². The SMILES string of the molecule is C=C/C=C(\C=C/C)C1(c2ccccc2)c2ccccc2-c2ccc(N(c3ccccc3)c3ccc(-c4ccc(C)c(-c5c(C)ccc6ccccc56)c4)cc3)cc21. The Balaban J connectivity index is 1.19. The highest BCUT2D eigenvalue weighted by Gasteiger charge is 2.46. The number of para-hydroxylation sites is 1. The van der Waals surface area contributed by atoms with Crippen LogP contribution in [0.1, 0.15) is 34.7 Å². The third-order valence-corrected chi connectivity index (χ3v) is 11.7. The van der Waals surface area contributed by atoms with Gasteiger partial charge in [-0.1, -0.05) is 170 Å². The highest BCUT2D eigenvalue weighted by molar-refractivity contribution is 6.00. The standard InChI is InChI=1S/C56H45N/c1-5-17-44(18-6-2)56(45-20-9-7-10-21-45)53-26-16-15-25-50(53)51-36-35-48(38-54(51)56)57(46-22-11-8-12-23-46)47-33-31-41(32-34-47)43-30-27-39(3)52(37-43)55-40(4)28-29-42-19-13-14-24-49(42)55/h5-38H,1H2,2-4H3/b18-6-,44-17+. The van der Waals surface area contributed by atoms with Gasteiger partial charge in [-0.05, 0) is 141 Å². The Kier molecular flexibility index (Phi) is 9.36. The molecule has 9 rings (SSSR count). The minimum absolute atomic E-state index is 0.540. The average Bonchev–Trinajstić information content (AvgIpc) is 3.55. The number of benzene rings is 8. The van der Waals surface area contributed by atoms with E-state index in [9.17, 15) is 0 Å². The van der Waals surface area contributed by atoms with E-state index in [1.54, 1.807) is 0 Å². The quantitative estimate of drug-likeness (QED) is 0.134. The normalized spacial score (nSPS) is 14.8. The number of rotatable bonds is 9. The Morgan fingerprint density at radius 2 is 1.16 bits per heavy atom. The minimum Gasteiger partial charge on any atom is -0.310 e. The van der Waals surface area contributed by atoms with Crippen molar-refractivity contribution in [3.05, 3.63) is 246 Å². The van der Waals surface area contributed by atoms with Crippen LogP contribution in [0.4, 0.5) is 17.1 Å². The molecule has 0 aromatic heterocycles. The average molecular weight is 732 g/mol. The Morgan fingerprint density at radius 3 is 1.93 bits per heavy atom. The molecule has 0 amide bonds. The fraction of sp³-hybridized carbons (Fsp3) is 0.0714. The first-order valence-electron chi connectivity index (χ1n) is 19.8. The van der Waals surface area contributed by atoms with Crippen LogP contribution in [-0.4, -0.2) is 0 Å². The van der Waals surface area contributed by atoms with Crippen LogP contribution in [0.3, 0.4) is 0 Å². The molecule has 8 aromatic rings. The lowest BCUT2D eigenvalue weighted by Gasteiger charge is -2.35. The second-order valence-electron chi connectivity index (χ2n) is 15.0. The number of hydrogen-bond donors (Lipinski definition) is 0. The minimum atomic E-state index is -0.540. The van der Waals surface area contributed by atoms with Crippen LogP contribution in [0.25, 0.3) is 44.2 Å². The molecule has 8 aromatic carbocycles. The summed E-state index contributed by atoms with van der Waals surface area (Å²) < 4.78 is 0. The first-order chi connectivity index (χ1) is 28.0. The lowest BCUT2D eigenvalue weighted by atomic mass is 9.67. The number of fused-ring (bicyclic) bond motifs is 4. The van der Waals surface area contributed by atoms with E-state index in [0.717, 1.165) is 17.1 Å². The van der Waals surface area contributed by atoms with Gasteiger partial charge in [0.1, 0.15) is 0 Å². The molecule has 1 aliphatic rings. The van der Waals surface area contributed by atoms with Crippen molar-refractivity contribution in [2.24, 2.45) is 0 Å². The van der Waals surface area contributed by atoms with Gasteiger partial charge >= 0.3 is 0 Å². The monoisotopic (exact) mass is 731 g/mol. The smallest absolute Gasteiger partial charge is 0.0714 e. The number of nitrogens with zero attached hydrogens (tertiary/aromatic N) is 1. The maximum Gasteiger partial charge on any atom is 0.0714 e. The first-order valence-corrected chi connectivity index (χ1v) is 19.8. The summed E-state index contributed by atoms with van der Waals surface area (Å²) in [6.07, 6.45) is 8.49. The van der Waals surface area contributed by atoms with Gasteiger partial charge in [0, 0.05) is 17.1 Å². The van der Waals surface area contributed by atoms with E-state index in [-0.39, 0.29) is 0 Å². The fourth-order valence-corrected chi connectivity index (χ4v) is 9.13. The molecule has 0 fully saturated rings. The number of hydrogen-bond acceptors (Lipinski definition) is 1. The number of allylic oxidation sites excluding steroid dienone is 5. The van der Waals surface area contributed by atoms with Gasteiger partial charge in [0.05, 0.1) is 5.41 Å². The van der Waals surface area contributed by atoms with E-state index in [2.05, 4.69) is 232 Å². The van der Waals surface area contributed by atoms with E-state index < -0.39 is 5.41 Å². The van der Waals surface area contributed by atoms with Crippen LogP contribution in [-0.2, 0) is 5.41 Å². The topological polar surface area (TPSA) is 3.24 Å². The molecular formula is C56H45N. The van der Waals surface area contributed by atoms with E-state index in [1.807, 2.05) is 6.08 Å². The van der Waals surface area contributed by atoms with Crippen molar-refractivity contribution in [2.45, 2.75) is 26.2 Å². The lowest BCUT2D eigenvalue weighted by molar-refractivity contribution is 0.767. The van der Waals surface area contributed by atoms with E-state index in [4.69, 9.17) is 0 Å². The highest BCUT2D eigenvalue weighted by Crippen LogP contribution is 2.57. The molecule has 1 atom stereocenters. The van der Waals surface area contributed by atoms with Crippen molar-refractivity contribution in [2.75, 3.05) is 4.90 Å². The molecule has 0 saturated carbocycles. The molecule has 1 unspecified atom stereocenters. The zero-order chi connectivity index (χ0) is 38.9. The summed E-state index contributed by atoms with van der Waals surface area (Å²) in [5, 5.41) is 2.55. The summed E-state index contributed by atoms with van der Waals surface area (Å²) in [7, 11) is 0. The van der Waals surface area contributed by atoms with Gasteiger partial charge in [0.15, 0.2) is 0 Å². The van der Waals surface area contributed by atoms with Crippen molar-refractivity contribution in [1.29, 1.82) is 0 Å². The highest BCUT2D eigenvalue weighted by atomic mass is 15.1. The summed E-state index contributed by atoms with van der Waals surface area (Å²) in [5.74, 6) is 0. The molecule has 0 saturated heterocycles. The zero-order valence-electron chi connectivity index (χ0n) is 32.8. The summed E-state index contributed by atoms with van der Waals surface area (Å²) in [4.78, 5) is 2.38. The second kappa shape index (κ2) is 14.9. The van der Waals surface area contributed by atoms with Crippen molar-refractivity contribution in [3.63, 3.8) is 0 Å². The molecule has 57 heavy (non-hydrogen) atoms. The van der Waals surface area contributed by atoms with Gasteiger partial charge < -0.3 is 4.90 Å². The van der Waals surface area contributed by atoms with Gasteiger partial charge in [-0.25, -0.2) is 0 Å². The molecule has 0 N–H and O–H groups in total. The van der Waals surface area contributed by atoms with Crippen LogP contribution in [0.5, 0.6) is 0 Å². The molecule has 0 heterocycles. The summed E-state index contributed by atoms with van der Waals surface area (Å²) in [6, 6.07) is 66.7. The first kappa shape index (κ1) is 35.7. The molecule has 1 heteroatoms. The zero-order valence-corrected chi connectivity index (χ0v) is 32.8. The third-order valence-electron chi connectivity index (χ3n) is 11.7. The Labute approximate surface area is 337 Å². The molecule has 1 nitrogen and oxygen atoms in total. The van der Waals surface area contributed by atoms with Crippen molar-refractivity contribution in [3.8, 4) is 33.4 Å². The molecule has 0 radical (unpaired) electrons. The predicted molar refractivity (Wildman–Crippen MR) is 244 cm³/mol. The van der Waals surface area contributed by atoms with Gasteiger partial charge in [-0.15, -0.1) is 0 Å². The number of anilines is 3. The van der Waals surface area contributed by atoms with Crippen LogP contribution in [0.2, 0.25) is 0 Å². The maximum atomic E-state index is 4.17. The molecular weight excluding hydrogens is 687 g/mol. The summed E-state index contributed by atoms with van der Waals surface area (Å²) in [5.41, 5.74) is 17.7. The third kappa shape index (κ3) is 6.04. The largest absolute Gasteiger partial charge is 0.310 e. The van der Waals surface area contributed by atoms with E-state index >= 15 is 0 Å². The van der Waals surface area contributed by atoms with Gasteiger partial charge in [0.2, 0.25) is 0 Å². The van der Waals surface area contributed by atoms with Crippen LogP contribution in [0.15, 0.2) is 218 Å². The molecule has 0 spiro atoms. The van der Waals surface area contributed by atoms with Crippen LogP contribution < -0.4 is 4.90 Å². The van der Waals surface area contributed by atoms with Crippen molar-refractivity contribution >= 4 is 27.8 Å². The Morgan fingerprint density at radius 1 is 0.526 bits per heavy atom. The second-order valence-corrected chi connectivity index (χ2v) is 15.0. The van der Waals surface area contributed by atoms with E-state index in [0.29, 0.717) is 0 Å². The van der Waals surface area contributed by atoms with Crippen molar-refractivity contribution < 1.29 is 0 Å². The summed E-state index contributed by atoms with van der Waals surface area (Å²) >= 11 is 0. The van der Waals surface area contributed by atoms with Crippen LogP contribution >= 0.6 is 0 Å². The van der Waals surface area contributed by atoms with E-state index in [1.165, 1.54) is 77.5 Å².